The monoisotopic (exact) mass is 610 g/mol. The second kappa shape index (κ2) is 13.8. The first-order valence-corrected chi connectivity index (χ1v) is 17.2. The number of ether oxygens (including phenoxy) is 2. The number of Topliss-reactive ketones (excluding diaryl/α,β-unsaturated/α-hetero) is 1. The summed E-state index contributed by atoms with van der Waals surface area (Å²) in [5.41, 5.74) is 11.9. The Morgan fingerprint density at radius 3 is 2.20 bits per heavy atom. The van der Waals surface area contributed by atoms with Crippen LogP contribution < -0.4 is 20.9 Å². The summed E-state index contributed by atoms with van der Waals surface area (Å²) < 4.78 is 12.0. The summed E-state index contributed by atoms with van der Waals surface area (Å²) >= 11 is 0. The summed E-state index contributed by atoms with van der Waals surface area (Å²) in [6.07, 6.45) is 12.5. The zero-order valence-electron chi connectivity index (χ0n) is 26.9. The third kappa shape index (κ3) is 7.11. The van der Waals surface area contributed by atoms with Gasteiger partial charge in [-0.2, -0.15) is 0 Å². The zero-order valence-corrected chi connectivity index (χ0v) is 26.9. The zero-order chi connectivity index (χ0) is 31.5. The number of hydrogen-bond donors (Lipinski definition) is 3. The number of aryl methyl sites for hydroxylation is 1. The van der Waals surface area contributed by atoms with E-state index in [1.807, 2.05) is 6.07 Å². The second-order valence-corrected chi connectivity index (χ2v) is 14.9. The minimum Gasteiger partial charge on any atom is -0.493 e. The third-order valence-electron chi connectivity index (χ3n) is 12.2. The van der Waals surface area contributed by atoms with Gasteiger partial charge in [-0.15, -0.1) is 0 Å². The number of amides is 2. The average molecular weight is 611 g/mol. The molecule has 0 saturated heterocycles. The molecule has 5 N–H and O–H groups in total. The quantitative estimate of drug-likeness (QED) is 0.238. The highest BCUT2D eigenvalue weighted by atomic mass is 16.5. The number of fused-ring (bicyclic) bond motifs is 5. The van der Waals surface area contributed by atoms with Gasteiger partial charge in [0.15, 0.2) is 0 Å². The molecule has 1 aromatic carbocycles. The van der Waals surface area contributed by atoms with Gasteiger partial charge in [0.1, 0.15) is 17.3 Å². The van der Waals surface area contributed by atoms with Crippen LogP contribution in [-0.2, 0) is 20.8 Å². The number of primary amides is 2. The molecule has 8 nitrogen and oxygen atoms in total. The van der Waals surface area contributed by atoms with E-state index in [1.54, 1.807) is 0 Å². The molecular weight excluding hydrogens is 556 g/mol. The Morgan fingerprint density at radius 2 is 1.57 bits per heavy atom. The van der Waals surface area contributed by atoms with Crippen molar-refractivity contribution in [2.24, 2.45) is 51.9 Å². The number of rotatable bonds is 14. The molecule has 244 valence electrons. The summed E-state index contributed by atoms with van der Waals surface area (Å²) in [5, 5.41) is 11.2. The molecule has 0 aliphatic heterocycles. The van der Waals surface area contributed by atoms with E-state index in [0.717, 1.165) is 69.8 Å². The van der Waals surface area contributed by atoms with Gasteiger partial charge in [0.25, 0.3) is 0 Å². The first-order valence-electron chi connectivity index (χ1n) is 17.2. The average Bonchev–Trinajstić information content (AvgIpc) is 3.27. The Kier molecular flexibility index (Phi) is 10.3. The molecule has 2 amide bonds. The highest BCUT2D eigenvalue weighted by molar-refractivity contribution is 5.79. The van der Waals surface area contributed by atoms with E-state index in [2.05, 4.69) is 26.0 Å². The summed E-state index contributed by atoms with van der Waals surface area (Å²) in [7, 11) is 0. The lowest BCUT2D eigenvalue weighted by Gasteiger charge is -2.62. The van der Waals surface area contributed by atoms with Crippen LogP contribution in [-0.4, -0.2) is 42.0 Å². The number of ketones is 1. The van der Waals surface area contributed by atoms with Crippen molar-refractivity contribution in [3.8, 4) is 11.5 Å². The van der Waals surface area contributed by atoms with Gasteiger partial charge in [-0.05, 0) is 129 Å². The lowest BCUT2D eigenvalue weighted by Crippen LogP contribution is -2.57. The summed E-state index contributed by atoms with van der Waals surface area (Å²) in [6, 6.07) is 5.99. The molecule has 0 heterocycles. The molecule has 1 aromatic rings. The molecule has 44 heavy (non-hydrogen) atoms. The molecular formula is C36H54N2O6. The van der Waals surface area contributed by atoms with Gasteiger partial charge in [-0.1, -0.05) is 13.8 Å². The van der Waals surface area contributed by atoms with Gasteiger partial charge >= 0.3 is 0 Å². The molecule has 0 aromatic heterocycles. The second-order valence-electron chi connectivity index (χ2n) is 14.9. The van der Waals surface area contributed by atoms with Crippen LogP contribution in [0, 0.1) is 40.4 Å². The van der Waals surface area contributed by atoms with Crippen molar-refractivity contribution >= 4 is 17.6 Å². The minimum absolute atomic E-state index is 0.00982. The number of carbonyl (C=O) groups is 3. The van der Waals surface area contributed by atoms with Gasteiger partial charge in [-0.3, -0.25) is 14.4 Å². The van der Waals surface area contributed by atoms with Crippen LogP contribution >= 0.6 is 0 Å². The molecule has 4 aliphatic carbocycles. The number of benzene rings is 1. The number of nitrogens with two attached hydrogens (primary N) is 2. The highest BCUT2D eigenvalue weighted by Gasteiger charge is 2.62. The van der Waals surface area contributed by atoms with Gasteiger partial charge in [0.05, 0.1) is 19.3 Å². The lowest BCUT2D eigenvalue weighted by molar-refractivity contribution is -0.159. The maximum absolute atomic E-state index is 12.5. The van der Waals surface area contributed by atoms with Crippen molar-refractivity contribution in [1.29, 1.82) is 0 Å². The van der Waals surface area contributed by atoms with Gasteiger partial charge in [0.2, 0.25) is 11.8 Å². The summed E-state index contributed by atoms with van der Waals surface area (Å²) in [5.74, 6) is 4.05. The largest absolute Gasteiger partial charge is 0.493 e. The van der Waals surface area contributed by atoms with Crippen LogP contribution in [0.5, 0.6) is 11.5 Å². The van der Waals surface area contributed by atoms with Crippen LogP contribution in [0.1, 0.15) is 109 Å². The van der Waals surface area contributed by atoms with Crippen molar-refractivity contribution in [3.05, 3.63) is 23.8 Å². The predicted octanol–water partition coefficient (Wildman–Crippen LogP) is 5.50. The molecule has 4 saturated carbocycles. The van der Waals surface area contributed by atoms with E-state index in [0.29, 0.717) is 72.9 Å². The first kappa shape index (κ1) is 32.8. The Hall–Kier alpha value is -2.61. The van der Waals surface area contributed by atoms with E-state index in [4.69, 9.17) is 20.9 Å². The summed E-state index contributed by atoms with van der Waals surface area (Å²) in [6.45, 7) is 5.65. The molecule has 0 radical (unpaired) electrons. The third-order valence-corrected chi connectivity index (χ3v) is 12.2. The normalized spacial score (nSPS) is 34.5. The summed E-state index contributed by atoms with van der Waals surface area (Å²) in [4.78, 5) is 34.8. The SMILES string of the molecule is C[C@]12CCC(=O)CC1CC[C@@H]1[C@H]2C(CCCc2cc(OCCCC(N)=O)cc(OCCCC(N)=O)c2)C[C@]2(C)C(O)CC[C@@H]12. The Bertz CT molecular complexity index is 1160. The molecule has 8 heteroatoms. The van der Waals surface area contributed by atoms with E-state index in [1.165, 1.54) is 6.42 Å². The van der Waals surface area contributed by atoms with Crippen molar-refractivity contribution in [2.45, 2.75) is 116 Å². The highest BCUT2D eigenvalue weighted by Crippen LogP contribution is 2.68. The molecule has 8 atom stereocenters. The maximum Gasteiger partial charge on any atom is 0.217 e. The lowest BCUT2D eigenvalue weighted by atomic mass is 9.42. The fourth-order valence-corrected chi connectivity index (χ4v) is 10.1. The predicted molar refractivity (Wildman–Crippen MR) is 169 cm³/mol. The molecule has 4 fully saturated rings. The van der Waals surface area contributed by atoms with Crippen molar-refractivity contribution < 1.29 is 29.0 Å². The number of aliphatic hydroxyl groups excluding tert-OH is 1. The van der Waals surface area contributed by atoms with Gasteiger partial charge < -0.3 is 26.0 Å². The molecule has 3 unspecified atom stereocenters. The first-order chi connectivity index (χ1) is 21.0. The van der Waals surface area contributed by atoms with Crippen LogP contribution in [0.3, 0.4) is 0 Å². The Morgan fingerprint density at radius 1 is 0.909 bits per heavy atom. The maximum atomic E-state index is 12.5. The fraction of sp³-hybridized carbons (Fsp3) is 0.750. The van der Waals surface area contributed by atoms with Crippen LogP contribution in [0.15, 0.2) is 18.2 Å². The minimum atomic E-state index is -0.339. The van der Waals surface area contributed by atoms with Gasteiger partial charge in [-0.25, -0.2) is 0 Å². The van der Waals surface area contributed by atoms with E-state index in [9.17, 15) is 19.5 Å². The van der Waals surface area contributed by atoms with E-state index >= 15 is 0 Å². The number of carbonyl (C=O) groups excluding carboxylic acids is 3. The van der Waals surface area contributed by atoms with Gasteiger partial charge in [0, 0.05) is 31.7 Å². The topological polar surface area (TPSA) is 142 Å². The van der Waals surface area contributed by atoms with E-state index in [-0.39, 0.29) is 41.6 Å². The number of hydrogen-bond acceptors (Lipinski definition) is 6. The smallest absolute Gasteiger partial charge is 0.217 e. The molecule has 0 spiro atoms. The van der Waals surface area contributed by atoms with E-state index < -0.39 is 0 Å². The standard InChI is InChI=1S/C36H54N2O6/c1-35-15-14-26(39)20-25(35)10-11-29-30-12-13-31(40)36(30,2)22-24(34(29)35)7-3-6-23-18-27(43-16-4-8-32(37)41)21-28(19-23)44-17-5-9-33(38)42/h18-19,21,24-25,29-31,34,40H,3-17,20,22H2,1-2H3,(H2,37,41)(H2,38,42)/t24?,25?,29-,30-,31?,34+,35-,36-/m0/s1. The Balaban J connectivity index is 1.30. The van der Waals surface area contributed by atoms with Crippen molar-refractivity contribution in [2.75, 3.05) is 13.2 Å². The molecule has 4 aliphatic rings. The van der Waals surface area contributed by atoms with Crippen molar-refractivity contribution in [1.82, 2.24) is 0 Å². The number of aliphatic hydroxyl groups is 1. The molecule has 0 bridgehead atoms. The van der Waals surface area contributed by atoms with Crippen molar-refractivity contribution in [3.63, 3.8) is 0 Å². The van der Waals surface area contributed by atoms with Crippen LogP contribution in [0.25, 0.3) is 0 Å². The molecule has 5 rings (SSSR count). The van der Waals surface area contributed by atoms with Crippen LogP contribution in [0.4, 0.5) is 0 Å². The van der Waals surface area contributed by atoms with Crippen LogP contribution in [0.2, 0.25) is 0 Å². The fourth-order valence-electron chi connectivity index (χ4n) is 10.1. The Labute approximate surface area is 263 Å².